The van der Waals surface area contributed by atoms with Crippen LogP contribution in [0.25, 0.3) is 10.9 Å². The Balaban J connectivity index is 2.03. The zero-order valence-corrected chi connectivity index (χ0v) is 10.5. The molecule has 3 rings (SSSR count). The van der Waals surface area contributed by atoms with E-state index < -0.39 is 0 Å². The van der Waals surface area contributed by atoms with Crippen LogP contribution in [-0.2, 0) is 0 Å². The predicted molar refractivity (Wildman–Crippen MR) is 77.1 cm³/mol. The highest BCUT2D eigenvalue weighted by molar-refractivity contribution is 5.80. The number of hydrogen-bond donors (Lipinski definition) is 1. The fourth-order valence-corrected chi connectivity index (χ4v) is 1.88. The number of phenolic OH excluding ortho intramolecular Hbond substituents is 1. The minimum absolute atomic E-state index is 0.151. The smallest absolute Gasteiger partial charge is 0.281 e. The standard InChI is InChI=1S/C15H11N3O2/c19-12-5-3-4-11(8-12)9-17-18-10-16-14-7-2-1-6-13(14)15(18)20/h1-10,19H/b17-9+. The molecule has 0 aliphatic heterocycles. The summed E-state index contributed by atoms with van der Waals surface area (Å²) in [5.41, 5.74) is 1.11. The summed E-state index contributed by atoms with van der Waals surface area (Å²) in [5.74, 6) is 0.151. The Morgan fingerprint density at radius 1 is 1.15 bits per heavy atom. The van der Waals surface area contributed by atoms with Crippen molar-refractivity contribution < 1.29 is 5.11 Å². The Labute approximate surface area is 114 Å². The van der Waals surface area contributed by atoms with Gasteiger partial charge in [0, 0.05) is 0 Å². The highest BCUT2D eigenvalue weighted by Crippen LogP contribution is 2.09. The van der Waals surface area contributed by atoms with Gasteiger partial charge in [-0.15, -0.1) is 0 Å². The van der Waals surface area contributed by atoms with Crippen molar-refractivity contribution in [3.05, 3.63) is 70.8 Å². The second kappa shape index (κ2) is 4.97. The third-order valence-electron chi connectivity index (χ3n) is 2.85. The Bertz CT molecular complexity index is 853. The average Bonchev–Trinajstić information content (AvgIpc) is 2.47. The Morgan fingerprint density at radius 2 is 2.00 bits per heavy atom. The lowest BCUT2D eigenvalue weighted by Crippen LogP contribution is -2.16. The minimum Gasteiger partial charge on any atom is -0.508 e. The Morgan fingerprint density at radius 3 is 2.85 bits per heavy atom. The second-order valence-corrected chi connectivity index (χ2v) is 4.25. The molecule has 5 heteroatoms. The molecule has 1 N–H and O–H groups in total. The van der Waals surface area contributed by atoms with Crippen molar-refractivity contribution >= 4 is 17.1 Å². The van der Waals surface area contributed by atoms with Gasteiger partial charge in [-0.1, -0.05) is 24.3 Å². The van der Waals surface area contributed by atoms with Gasteiger partial charge in [0.2, 0.25) is 0 Å². The molecule has 0 aliphatic rings. The highest BCUT2D eigenvalue weighted by Gasteiger charge is 2.01. The van der Waals surface area contributed by atoms with Crippen LogP contribution in [-0.4, -0.2) is 21.0 Å². The van der Waals surface area contributed by atoms with E-state index in [1.54, 1.807) is 42.5 Å². The van der Waals surface area contributed by atoms with Crippen LogP contribution in [0.3, 0.4) is 0 Å². The number of fused-ring (bicyclic) bond motifs is 1. The largest absolute Gasteiger partial charge is 0.508 e. The summed E-state index contributed by atoms with van der Waals surface area (Å²) in [6.07, 6.45) is 2.88. The molecule has 0 atom stereocenters. The summed E-state index contributed by atoms with van der Waals surface area (Å²) in [6, 6.07) is 13.7. The molecule has 98 valence electrons. The first kappa shape index (κ1) is 12.1. The molecule has 5 nitrogen and oxygen atoms in total. The summed E-state index contributed by atoms with van der Waals surface area (Å²) >= 11 is 0. The number of benzene rings is 2. The van der Waals surface area contributed by atoms with E-state index in [-0.39, 0.29) is 11.3 Å². The topological polar surface area (TPSA) is 67.5 Å². The lowest BCUT2D eigenvalue weighted by Gasteiger charge is -2.00. The van der Waals surface area contributed by atoms with Gasteiger partial charge < -0.3 is 5.11 Å². The van der Waals surface area contributed by atoms with Crippen molar-refractivity contribution in [2.75, 3.05) is 0 Å². The Kier molecular flexibility index (Phi) is 3.01. The van der Waals surface area contributed by atoms with Gasteiger partial charge in [0.15, 0.2) is 0 Å². The number of para-hydroxylation sites is 1. The quantitative estimate of drug-likeness (QED) is 0.720. The first-order valence-electron chi connectivity index (χ1n) is 6.04. The number of nitrogens with zero attached hydrogens (tertiary/aromatic N) is 3. The summed E-state index contributed by atoms with van der Waals surface area (Å²) in [5, 5.41) is 14.0. The van der Waals surface area contributed by atoms with Crippen LogP contribution in [0.2, 0.25) is 0 Å². The van der Waals surface area contributed by atoms with Crippen LogP contribution in [0.1, 0.15) is 5.56 Å². The van der Waals surface area contributed by atoms with E-state index >= 15 is 0 Å². The summed E-state index contributed by atoms with van der Waals surface area (Å²) in [6.45, 7) is 0. The molecule has 2 aromatic carbocycles. The number of phenols is 1. The average molecular weight is 265 g/mol. The van der Waals surface area contributed by atoms with Gasteiger partial charge in [0.1, 0.15) is 12.1 Å². The molecule has 3 aromatic rings. The fraction of sp³-hybridized carbons (Fsp3) is 0. The van der Waals surface area contributed by atoms with Crippen LogP contribution in [0, 0.1) is 0 Å². The van der Waals surface area contributed by atoms with Gasteiger partial charge in [-0.2, -0.15) is 9.78 Å². The molecule has 0 unspecified atom stereocenters. The summed E-state index contributed by atoms with van der Waals surface area (Å²) in [7, 11) is 0. The normalized spacial score (nSPS) is 11.2. The van der Waals surface area contributed by atoms with Gasteiger partial charge in [0.25, 0.3) is 5.56 Å². The van der Waals surface area contributed by atoms with Crippen molar-refractivity contribution in [2.24, 2.45) is 5.10 Å². The number of hydrogen-bond acceptors (Lipinski definition) is 4. The lowest BCUT2D eigenvalue weighted by molar-refractivity contribution is 0.475. The van der Waals surface area contributed by atoms with Crippen LogP contribution in [0.5, 0.6) is 5.75 Å². The van der Waals surface area contributed by atoms with E-state index in [0.717, 1.165) is 0 Å². The number of rotatable bonds is 2. The highest BCUT2D eigenvalue weighted by atomic mass is 16.3. The van der Waals surface area contributed by atoms with Crippen molar-refractivity contribution in [2.45, 2.75) is 0 Å². The van der Waals surface area contributed by atoms with Crippen LogP contribution >= 0.6 is 0 Å². The van der Waals surface area contributed by atoms with Gasteiger partial charge in [0.05, 0.1) is 17.1 Å². The molecule has 0 bridgehead atoms. The summed E-state index contributed by atoms with van der Waals surface area (Å²) < 4.78 is 1.17. The number of aromatic nitrogens is 2. The first-order valence-corrected chi connectivity index (χ1v) is 6.04. The second-order valence-electron chi connectivity index (χ2n) is 4.25. The molecular weight excluding hydrogens is 254 g/mol. The van der Waals surface area contributed by atoms with Crippen molar-refractivity contribution in [3.63, 3.8) is 0 Å². The maximum atomic E-state index is 12.2. The van der Waals surface area contributed by atoms with Crippen LogP contribution in [0.15, 0.2) is 64.8 Å². The molecule has 0 saturated carbocycles. The molecule has 0 saturated heterocycles. The zero-order valence-electron chi connectivity index (χ0n) is 10.5. The van der Waals surface area contributed by atoms with E-state index in [1.807, 2.05) is 6.07 Å². The SMILES string of the molecule is O=c1c2ccccc2ncn1/N=C/c1cccc(O)c1. The molecule has 1 heterocycles. The van der Waals surface area contributed by atoms with E-state index in [9.17, 15) is 9.90 Å². The maximum Gasteiger partial charge on any atom is 0.281 e. The Hall–Kier alpha value is -2.95. The third-order valence-corrected chi connectivity index (χ3v) is 2.85. The first-order chi connectivity index (χ1) is 9.74. The van der Waals surface area contributed by atoms with Crippen LogP contribution < -0.4 is 5.56 Å². The van der Waals surface area contributed by atoms with Gasteiger partial charge >= 0.3 is 0 Å². The predicted octanol–water partition coefficient (Wildman–Crippen LogP) is 1.98. The lowest BCUT2D eigenvalue weighted by atomic mass is 10.2. The van der Waals surface area contributed by atoms with E-state index in [2.05, 4.69) is 10.1 Å². The molecule has 0 fully saturated rings. The van der Waals surface area contributed by atoms with E-state index in [4.69, 9.17) is 0 Å². The van der Waals surface area contributed by atoms with Crippen molar-refractivity contribution in [1.29, 1.82) is 0 Å². The molecule has 20 heavy (non-hydrogen) atoms. The van der Waals surface area contributed by atoms with Crippen LogP contribution in [0.4, 0.5) is 0 Å². The van der Waals surface area contributed by atoms with Gasteiger partial charge in [-0.25, -0.2) is 4.98 Å². The molecule has 0 amide bonds. The monoisotopic (exact) mass is 265 g/mol. The molecule has 0 spiro atoms. The van der Waals surface area contributed by atoms with Crippen molar-refractivity contribution in [3.8, 4) is 5.75 Å². The fourth-order valence-electron chi connectivity index (χ4n) is 1.88. The third kappa shape index (κ3) is 2.29. The molecule has 0 radical (unpaired) electrons. The zero-order chi connectivity index (χ0) is 13.9. The van der Waals surface area contributed by atoms with E-state index in [0.29, 0.717) is 16.5 Å². The van der Waals surface area contributed by atoms with Gasteiger partial charge in [-0.3, -0.25) is 4.79 Å². The van der Waals surface area contributed by atoms with Crippen molar-refractivity contribution in [1.82, 2.24) is 9.66 Å². The maximum absolute atomic E-state index is 12.2. The molecule has 0 aliphatic carbocycles. The summed E-state index contributed by atoms with van der Waals surface area (Å²) in [4.78, 5) is 16.3. The number of aromatic hydroxyl groups is 1. The van der Waals surface area contributed by atoms with Gasteiger partial charge in [-0.05, 0) is 29.8 Å². The molecule has 1 aromatic heterocycles. The van der Waals surface area contributed by atoms with E-state index in [1.165, 1.54) is 17.2 Å². The minimum atomic E-state index is -0.230. The molecular formula is C15H11N3O2.